The van der Waals surface area contributed by atoms with Crippen LogP contribution in [0.1, 0.15) is 12.5 Å². The molecule has 2 N–H and O–H groups in total. The molecular weight excluding hydrogens is 286 g/mol. The third-order valence-corrected chi connectivity index (χ3v) is 4.28. The van der Waals surface area contributed by atoms with Crippen molar-refractivity contribution < 1.29 is 4.79 Å². The van der Waals surface area contributed by atoms with Crippen LogP contribution in [0.2, 0.25) is 0 Å². The summed E-state index contributed by atoms with van der Waals surface area (Å²) < 4.78 is 0. The van der Waals surface area contributed by atoms with Gasteiger partial charge in [0.1, 0.15) is 0 Å². The zero-order valence-corrected chi connectivity index (χ0v) is 13.5. The fourth-order valence-corrected chi connectivity index (χ4v) is 3.23. The van der Waals surface area contributed by atoms with Gasteiger partial charge in [-0.25, -0.2) is 0 Å². The molecule has 0 aliphatic carbocycles. The number of carbonyl (C=O) groups is 1. The number of rotatable bonds is 4. The van der Waals surface area contributed by atoms with E-state index in [9.17, 15) is 4.79 Å². The van der Waals surface area contributed by atoms with E-state index in [-0.39, 0.29) is 11.9 Å². The van der Waals surface area contributed by atoms with E-state index < -0.39 is 0 Å². The first-order chi connectivity index (χ1) is 11.2. The molecule has 1 aliphatic rings. The molecule has 23 heavy (non-hydrogen) atoms. The molecule has 1 aliphatic heterocycles. The second-order valence-electron chi connectivity index (χ2n) is 5.95. The fraction of sp³-hybridized carbons (Fsp3) is 0.316. The molecule has 4 nitrogen and oxygen atoms in total. The zero-order valence-electron chi connectivity index (χ0n) is 13.5. The molecule has 1 heterocycles. The number of hydrogen-bond acceptors (Lipinski definition) is 3. The summed E-state index contributed by atoms with van der Waals surface area (Å²) in [5.74, 6) is 0.0996. The predicted molar refractivity (Wildman–Crippen MR) is 94.8 cm³/mol. The lowest BCUT2D eigenvalue weighted by Crippen LogP contribution is -2.48. The molecule has 2 aromatic carbocycles. The number of hydrogen-bond donors (Lipinski definition) is 1. The minimum atomic E-state index is 0.0736. The third-order valence-electron chi connectivity index (χ3n) is 4.28. The predicted octanol–water partition coefficient (Wildman–Crippen LogP) is 2.43. The van der Waals surface area contributed by atoms with Gasteiger partial charge < -0.3 is 15.5 Å². The van der Waals surface area contributed by atoms with Gasteiger partial charge in [-0.15, -0.1) is 0 Å². The SMILES string of the molecule is CCN(C(=O)CN1CC(N)Cc2ccccc21)c1ccccc1. The maximum atomic E-state index is 12.8. The van der Waals surface area contributed by atoms with Gasteiger partial charge in [0.05, 0.1) is 6.54 Å². The van der Waals surface area contributed by atoms with Crippen molar-refractivity contribution in [3.63, 3.8) is 0 Å². The first-order valence-electron chi connectivity index (χ1n) is 8.13. The van der Waals surface area contributed by atoms with Gasteiger partial charge in [0.2, 0.25) is 5.91 Å². The number of nitrogens with zero attached hydrogens (tertiary/aromatic N) is 2. The van der Waals surface area contributed by atoms with Crippen molar-refractivity contribution >= 4 is 17.3 Å². The maximum absolute atomic E-state index is 12.8. The lowest BCUT2D eigenvalue weighted by molar-refractivity contribution is -0.117. The van der Waals surface area contributed by atoms with Crippen molar-refractivity contribution in [3.8, 4) is 0 Å². The molecule has 1 unspecified atom stereocenters. The number of amides is 1. The lowest BCUT2D eigenvalue weighted by Gasteiger charge is -2.35. The van der Waals surface area contributed by atoms with Crippen LogP contribution >= 0.6 is 0 Å². The minimum Gasteiger partial charge on any atom is -0.360 e. The van der Waals surface area contributed by atoms with Gasteiger partial charge in [-0.1, -0.05) is 36.4 Å². The van der Waals surface area contributed by atoms with Crippen LogP contribution in [-0.4, -0.2) is 31.6 Å². The highest BCUT2D eigenvalue weighted by atomic mass is 16.2. The van der Waals surface area contributed by atoms with Crippen LogP contribution in [0, 0.1) is 0 Å². The topological polar surface area (TPSA) is 49.6 Å². The average molecular weight is 309 g/mol. The normalized spacial score (nSPS) is 16.8. The van der Waals surface area contributed by atoms with Crippen LogP contribution in [0.4, 0.5) is 11.4 Å². The molecule has 120 valence electrons. The smallest absolute Gasteiger partial charge is 0.246 e. The molecule has 0 saturated heterocycles. The van der Waals surface area contributed by atoms with Gasteiger partial charge >= 0.3 is 0 Å². The molecule has 0 fully saturated rings. The Hall–Kier alpha value is -2.33. The minimum absolute atomic E-state index is 0.0736. The Bertz CT molecular complexity index is 671. The molecule has 0 spiro atoms. The third kappa shape index (κ3) is 3.37. The summed E-state index contributed by atoms with van der Waals surface area (Å²) in [5.41, 5.74) is 9.46. The van der Waals surface area contributed by atoms with E-state index in [1.165, 1.54) is 5.56 Å². The van der Waals surface area contributed by atoms with Crippen molar-refractivity contribution in [2.75, 3.05) is 29.4 Å². The molecule has 0 bridgehead atoms. The monoisotopic (exact) mass is 309 g/mol. The summed E-state index contributed by atoms with van der Waals surface area (Å²) in [6.07, 6.45) is 0.872. The van der Waals surface area contributed by atoms with Crippen LogP contribution in [0.15, 0.2) is 54.6 Å². The summed E-state index contributed by atoms with van der Waals surface area (Å²) in [7, 11) is 0. The van der Waals surface area contributed by atoms with Crippen LogP contribution in [0.25, 0.3) is 0 Å². The van der Waals surface area contributed by atoms with Crippen molar-refractivity contribution in [1.29, 1.82) is 0 Å². The number of anilines is 2. The summed E-state index contributed by atoms with van der Waals surface area (Å²) >= 11 is 0. The molecule has 0 saturated carbocycles. The molecule has 0 aromatic heterocycles. The van der Waals surface area contributed by atoms with E-state index in [1.54, 1.807) is 0 Å². The quantitative estimate of drug-likeness (QED) is 0.943. The van der Waals surface area contributed by atoms with E-state index >= 15 is 0 Å². The number of carbonyl (C=O) groups excluding carboxylic acids is 1. The molecule has 3 rings (SSSR count). The second-order valence-corrected chi connectivity index (χ2v) is 5.95. The molecule has 4 heteroatoms. The largest absolute Gasteiger partial charge is 0.360 e. The molecule has 1 amide bonds. The van der Waals surface area contributed by atoms with Crippen LogP contribution in [-0.2, 0) is 11.2 Å². The highest BCUT2D eigenvalue weighted by Crippen LogP contribution is 2.26. The van der Waals surface area contributed by atoms with Gasteiger partial charge in [0.15, 0.2) is 0 Å². The standard InChI is InChI=1S/C19H23N3O/c1-2-22(17-9-4-3-5-10-17)19(23)14-21-13-16(20)12-15-8-6-7-11-18(15)21/h3-11,16H,2,12-14,20H2,1H3. The Morgan fingerprint density at radius 3 is 2.61 bits per heavy atom. The van der Waals surface area contributed by atoms with E-state index in [0.717, 1.165) is 24.3 Å². The number of fused-ring (bicyclic) bond motifs is 1. The van der Waals surface area contributed by atoms with Gasteiger partial charge in [-0.05, 0) is 37.1 Å². The average Bonchev–Trinajstić information content (AvgIpc) is 2.56. The molecule has 0 radical (unpaired) electrons. The summed E-state index contributed by atoms with van der Waals surface area (Å²) in [6.45, 7) is 3.73. The Kier molecular flexibility index (Phi) is 4.63. The molecule has 1 atom stereocenters. The molecular formula is C19H23N3O. The van der Waals surface area contributed by atoms with Crippen molar-refractivity contribution in [2.24, 2.45) is 5.73 Å². The fourth-order valence-electron chi connectivity index (χ4n) is 3.23. The lowest BCUT2D eigenvalue weighted by atomic mass is 9.98. The van der Waals surface area contributed by atoms with Crippen molar-refractivity contribution in [2.45, 2.75) is 19.4 Å². The van der Waals surface area contributed by atoms with E-state index in [2.05, 4.69) is 17.0 Å². The summed E-state index contributed by atoms with van der Waals surface area (Å²) in [4.78, 5) is 16.7. The zero-order chi connectivity index (χ0) is 16.2. The van der Waals surface area contributed by atoms with Crippen LogP contribution < -0.4 is 15.5 Å². The number of nitrogens with two attached hydrogens (primary N) is 1. The second kappa shape index (κ2) is 6.84. The van der Waals surface area contributed by atoms with E-state index in [4.69, 9.17) is 5.73 Å². The van der Waals surface area contributed by atoms with Crippen molar-refractivity contribution in [3.05, 3.63) is 60.2 Å². The number of benzene rings is 2. The number of likely N-dealkylation sites (N-methyl/N-ethyl adjacent to an activating group) is 1. The van der Waals surface area contributed by atoms with E-state index in [0.29, 0.717) is 13.1 Å². The Labute approximate surface area is 137 Å². The summed E-state index contributed by atoms with van der Waals surface area (Å²) in [6, 6.07) is 18.1. The Morgan fingerprint density at radius 2 is 1.87 bits per heavy atom. The maximum Gasteiger partial charge on any atom is 0.246 e. The van der Waals surface area contributed by atoms with E-state index in [1.807, 2.05) is 54.3 Å². The Balaban J connectivity index is 1.80. The van der Waals surface area contributed by atoms with Crippen LogP contribution in [0.5, 0.6) is 0 Å². The van der Waals surface area contributed by atoms with Gasteiger partial charge in [0.25, 0.3) is 0 Å². The van der Waals surface area contributed by atoms with Crippen molar-refractivity contribution in [1.82, 2.24) is 0 Å². The Morgan fingerprint density at radius 1 is 1.17 bits per heavy atom. The highest BCUT2D eigenvalue weighted by molar-refractivity contribution is 5.96. The first kappa shape index (κ1) is 15.6. The molecule has 2 aromatic rings. The van der Waals surface area contributed by atoms with Gasteiger partial charge in [-0.2, -0.15) is 0 Å². The van der Waals surface area contributed by atoms with Gasteiger partial charge in [-0.3, -0.25) is 4.79 Å². The summed E-state index contributed by atoms with van der Waals surface area (Å²) in [5, 5.41) is 0. The number of para-hydroxylation sites is 2. The van der Waals surface area contributed by atoms with Gasteiger partial charge in [0, 0.05) is 30.5 Å². The van der Waals surface area contributed by atoms with Crippen LogP contribution in [0.3, 0.4) is 0 Å². The highest BCUT2D eigenvalue weighted by Gasteiger charge is 2.25. The first-order valence-corrected chi connectivity index (χ1v) is 8.13.